The van der Waals surface area contributed by atoms with Gasteiger partial charge in [-0.2, -0.15) is 0 Å². The minimum absolute atomic E-state index is 0.215. The molecule has 0 atom stereocenters. The molecule has 1 aromatic heterocycles. The Bertz CT molecular complexity index is 1260. The Hall–Kier alpha value is -3.09. The van der Waals surface area contributed by atoms with Gasteiger partial charge in [0.15, 0.2) is 0 Å². The monoisotopic (exact) mass is 406 g/mol. The van der Waals surface area contributed by atoms with Gasteiger partial charge in [0.1, 0.15) is 5.75 Å². The molecule has 6 heteroatoms. The second kappa shape index (κ2) is 7.73. The van der Waals surface area contributed by atoms with Gasteiger partial charge in [0.2, 0.25) is 0 Å². The lowest BCUT2D eigenvalue weighted by Gasteiger charge is -2.12. The van der Waals surface area contributed by atoms with Crippen molar-refractivity contribution in [3.05, 3.63) is 84.6 Å². The fraction of sp³-hybridized carbons (Fsp3) is 0.130. The van der Waals surface area contributed by atoms with Gasteiger partial charge < -0.3 is 10.1 Å². The van der Waals surface area contributed by atoms with E-state index in [4.69, 9.17) is 4.74 Å². The molecule has 5 nitrogen and oxygen atoms in total. The van der Waals surface area contributed by atoms with Crippen molar-refractivity contribution < 1.29 is 13.2 Å². The highest BCUT2D eigenvalue weighted by atomic mass is 32.2. The molecule has 3 aromatic carbocycles. The van der Waals surface area contributed by atoms with Crippen molar-refractivity contribution in [1.82, 2.24) is 9.29 Å². The summed E-state index contributed by atoms with van der Waals surface area (Å²) in [6, 6.07) is 22.4. The van der Waals surface area contributed by atoms with Crippen LogP contribution in [0.15, 0.2) is 83.9 Å². The van der Waals surface area contributed by atoms with Gasteiger partial charge in [-0.05, 0) is 65.3 Å². The van der Waals surface area contributed by atoms with E-state index in [-0.39, 0.29) is 4.90 Å². The maximum Gasteiger partial charge on any atom is 0.268 e. The van der Waals surface area contributed by atoms with Crippen LogP contribution in [0.1, 0.15) is 5.56 Å². The molecule has 0 bridgehead atoms. The largest absolute Gasteiger partial charge is 0.497 e. The maximum absolute atomic E-state index is 13.4. The van der Waals surface area contributed by atoms with Crippen molar-refractivity contribution >= 4 is 20.8 Å². The number of hydrogen-bond acceptors (Lipinski definition) is 4. The first-order chi connectivity index (χ1) is 14.0. The molecule has 0 spiro atoms. The molecule has 0 saturated heterocycles. The van der Waals surface area contributed by atoms with E-state index in [1.165, 1.54) is 3.97 Å². The van der Waals surface area contributed by atoms with Crippen molar-refractivity contribution in [1.29, 1.82) is 0 Å². The molecule has 148 valence electrons. The Balaban J connectivity index is 1.87. The first-order valence-corrected chi connectivity index (χ1v) is 10.7. The molecule has 29 heavy (non-hydrogen) atoms. The van der Waals surface area contributed by atoms with E-state index in [9.17, 15) is 8.42 Å². The summed E-state index contributed by atoms with van der Waals surface area (Å²) in [7, 11) is -0.369. The van der Waals surface area contributed by atoms with Crippen LogP contribution in [-0.2, 0) is 16.6 Å². The molecular weight excluding hydrogens is 384 g/mol. The van der Waals surface area contributed by atoms with Crippen molar-refractivity contribution in [2.45, 2.75) is 11.4 Å². The van der Waals surface area contributed by atoms with Crippen LogP contribution in [-0.4, -0.2) is 26.5 Å². The van der Waals surface area contributed by atoms with E-state index in [0.29, 0.717) is 18.0 Å². The molecule has 0 unspecified atom stereocenters. The van der Waals surface area contributed by atoms with Gasteiger partial charge in [0, 0.05) is 12.7 Å². The molecule has 0 aliphatic heterocycles. The summed E-state index contributed by atoms with van der Waals surface area (Å²) >= 11 is 0. The standard InChI is InChI=1S/C23H22N2O3S/c1-24-15-17-13-23(20-8-7-18-5-3-4-6-19(18)14-20)25(16-17)29(26,27)22-11-9-21(28-2)10-12-22/h3-14,16,24H,15H2,1-2H3. The van der Waals surface area contributed by atoms with Gasteiger partial charge in [-0.1, -0.05) is 36.4 Å². The molecule has 1 N–H and O–H groups in total. The lowest BCUT2D eigenvalue weighted by molar-refractivity contribution is 0.414. The van der Waals surface area contributed by atoms with Crippen LogP contribution in [0.2, 0.25) is 0 Å². The summed E-state index contributed by atoms with van der Waals surface area (Å²) < 4.78 is 33.3. The van der Waals surface area contributed by atoms with Gasteiger partial charge in [-0.15, -0.1) is 0 Å². The van der Waals surface area contributed by atoms with E-state index < -0.39 is 10.0 Å². The molecule has 0 radical (unpaired) electrons. The van der Waals surface area contributed by atoms with Gasteiger partial charge in [-0.3, -0.25) is 0 Å². The van der Waals surface area contributed by atoms with E-state index in [1.54, 1.807) is 37.6 Å². The van der Waals surface area contributed by atoms with Crippen LogP contribution in [0.25, 0.3) is 22.0 Å². The first-order valence-electron chi connectivity index (χ1n) is 9.27. The summed E-state index contributed by atoms with van der Waals surface area (Å²) in [6.45, 7) is 0.575. The second-order valence-corrected chi connectivity index (χ2v) is 8.62. The Morgan fingerprint density at radius 1 is 0.931 bits per heavy atom. The summed E-state index contributed by atoms with van der Waals surface area (Å²) in [5.41, 5.74) is 2.38. The van der Waals surface area contributed by atoms with Crippen molar-refractivity contribution in [2.24, 2.45) is 0 Å². The van der Waals surface area contributed by atoms with Crippen molar-refractivity contribution in [3.8, 4) is 17.0 Å². The highest BCUT2D eigenvalue weighted by Crippen LogP contribution is 2.30. The van der Waals surface area contributed by atoms with Crippen LogP contribution in [0.5, 0.6) is 5.75 Å². The van der Waals surface area contributed by atoms with E-state index in [0.717, 1.165) is 21.9 Å². The van der Waals surface area contributed by atoms with Crippen LogP contribution in [0, 0.1) is 0 Å². The van der Waals surface area contributed by atoms with Crippen LogP contribution >= 0.6 is 0 Å². The lowest BCUT2D eigenvalue weighted by Crippen LogP contribution is -2.13. The quantitative estimate of drug-likeness (QED) is 0.519. The van der Waals surface area contributed by atoms with Gasteiger partial charge in [0.25, 0.3) is 10.0 Å². The zero-order valence-electron chi connectivity index (χ0n) is 16.3. The molecule has 4 rings (SSSR count). The minimum atomic E-state index is -3.76. The van der Waals surface area contributed by atoms with Crippen LogP contribution < -0.4 is 10.1 Å². The number of nitrogens with zero attached hydrogens (tertiary/aromatic N) is 1. The first kappa shape index (κ1) is 19.2. The Labute approximate surface area is 170 Å². The normalized spacial score (nSPS) is 11.7. The van der Waals surface area contributed by atoms with Gasteiger partial charge in [0.05, 0.1) is 17.7 Å². The molecule has 0 aliphatic rings. The Kier molecular flexibility index (Phi) is 5.13. The Morgan fingerprint density at radius 3 is 2.34 bits per heavy atom. The van der Waals surface area contributed by atoms with Gasteiger partial charge >= 0.3 is 0 Å². The Morgan fingerprint density at radius 2 is 1.66 bits per heavy atom. The number of nitrogens with one attached hydrogen (secondary N) is 1. The fourth-order valence-corrected chi connectivity index (χ4v) is 4.82. The summed E-state index contributed by atoms with van der Waals surface area (Å²) in [4.78, 5) is 0.215. The highest BCUT2D eigenvalue weighted by molar-refractivity contribution is 7.90. The van der Waals surface area contributed by atoms with Crippen LogP contribution in [0.3, 0.4) is 0 Å². The predicted molar refractivity (Wildman–Crippen MR) is 116 cm³/mol. The lowest BCUT2D eigenvalue weighted by atomic mass is 10.1. The third kappa shape index (κ3) is 3.64. The average Bonchev–Trinajstić information content (AvgIpc) is 3.18. The predicted octanol–water partition coefficient (Wildman–Crippen LogP) is 4.27. The molecule has 0 aliphatic carbocycles. The molecule has 1 heterocycles. The summed E-state index contributed by atoms with van der Waals surface area (Å²) in [6.07, 6.45) is 1.68. The fourth-order valence-electron chi connectivity index (χ4n) is 3.42. The summed E-state index contributed by atoms with van der Waals surface area (Å²) in [5.74, 6) is 0.613. The third-order valence-corrected chi connectivity index (χ3v) is 6.57. The SMILES string of the molecule is CNCc1cc(-c2ccc3ccccc3c2)n(S(=O)(=O)c2ccc(OC)cc2)c1. The average molecular weight is 407 g/mol. The number of benzene rings is 3. The zero-order chi connectivity index (χ0) is 20.4. The molecule has 0 saturated carbocycles. The van der Waals surface area contributed by atoms with Crippen LogP contribution in [0.4, 0.5) is 0 Å². The summed E-state index contributed by atoms with van der Waals surface area (Å²) in [5, 5.41) is 5.27. The number of hydrogen-bond donors (Lipinski definition) is 1. The molecule has 0 amide bonds. The smallest absolute Gasteiger partial charge is 0.268 e. The minimum Gasteiger partial charge on any atom is -0.497 e. The van der Waals surface area contributed by atoms with Crippen molar-refractivity contribution in [2.75, 3.05) is 14.2 Å². The molecule has 0 fully saturated rings. The number of aromatic nitrogens is 1. The topological polar surface area (TPSA) is 60.3 Å². The van der Waals surface area contributed by atoms with E-state index >= 15 is 0 Å². The third-order valence-electron chi connectivity index (χ3n) is 4.89. The highest BCUT2D eigenvalue weighted by Gasteiger charge is 2.22. The number of fused-ring (bicyclic) bond motifs is 1. The molecule has 4 aromatic rings. The van der Waals surface area contributed by atoms with Gasteiger partial charge in [-0.25, -0.2) is 12.4 Å². The number of ether oxygens (including phenoxy) is 1. The number of methoxy groups -OCH3 is 1. The number of rotatable bonds is 6. The zero-order valence-corrected chi connectivity index (χ0v) is 17.1. The second-order valence-electron chi connectivity index (χ2n) is 6.80. The van der Waals surface area contributed by atoms with E-state index in [1.807, 2.05) is 55.6 Å². The maximum atomic E-state index is 13.4. The van der Waals surface area contributed by atoms with E-state index in [2.05, 4.69) is 5.32 Å². The van der Waals surface area contributed by atoms with Crippen molar-refractivity contribution in [3.63, 3.8) is 0 Å². The molecular formula is C23H22N2O3S.